The van der Waals surface area contributed by atoms with Gasteiger partial charge in [0.05, 0.1) is 22.6 Å². The van der Waals surface area contributed by atoms with Gasteiger partial charge in [0, 0.05) is 17.7 Å². The number of anilines is 1. The van der Waals surface area contributed by atoms with Crippen LogP contribution in [0.15, 0.2) is 59.8 Å². The first-order valence-electron chi connectivity index (χ1n) is 9.67. The van der Waals surface area contributed by atoms with Gasteiger partial charge in [-0.2, -0.15) is 0 Å². The number of carbonyl (C=O) groups is 2. The van der Waals surface area contributed by atoms with E-state index in [0.717, 1.165) is 34.3 Å². The number of imidazole rings is 1. The number of aromatic nitrogens is 2. The van der Waals surface area contributed by atoms with Crippen molar-refractivity contribution in [2.24, 2.45) is 5.41 Å². The van der Waals surface area contributed by atoms with Gasteiger partial charge in [0.15, 0.2) is 5.78 Å². The zero-order chi connectivity index (χ0) is 20.3. The number of carboxylic acids is 1. The van der Waals surface area contributed by atoms with Gasteiger partial charge in [-0.15, -0.1) is 0 Å². The molecule has 6 heteroatoms. The molecule has 1 aliphatic heterocycles. The Bertz CT molecular complexity index is 1200. The molecule has 1 unspecified atom stereocenters. The molecule has 5 rings (SSSR count). The molecule has 6 nitrogen and oxygen atoms in total. The van der Waals surface area contributed by atoms with E-state index in [1.165, 1.54) is 0 Å². The highest BCUT2D eigenvalue weighted by Crippen LogP contribution is 2.46. The van der Waals surface area contributed by atoms with Crippen molar-refractivity contribution < 1.29 is 14.7 Å². The van der Waals surface area contributed by atoms with E-state index < -0.39 is 5.97 Å². The van der Waals surface area contributed by atoms with Crippen molar-refractivity contribution >= 4 is 28.7 Å². The minimum Gasteiger partial charge on any atom is -0.478 e. The summed E-state index contributed by atoms with van der Waals surface area (Å²) in [6.45, 7) is 4.20. The van der Waals surface area contributed by atoms with Crippen molar-refractivity contribution in [1.82, 2.24) is 9.55 Å². The quantitative estimate of drug-likeness (QED) is 0.681. The molecule has 2 aromatic carbocycles. The molecule has 0 radical (unpaired) electrons. The maximum Gasteiger partial charge on any atom is 0.335 e. The molecule has 146 valence electrons. The van der Waals surface area contributed by atoms with Crippen LogP contribution in [0.3, 0.4) is 0 Å². The van der Waals surface area contributed by atoms with Crippen LogP contribution in [-0.4, -0.2) is 26.4 Å². The van der Waals surface area contributed by atoms with Crippen LogP contribution >= 0.6 is 0 Å². The van der Waals surface area contributed by atoms with Crippen LogP contribution in [0.4, 0.5) is 5.95 Å². The fourth-order valence-corrected chi connectivity index (χ4v) is 4.55. The van der Waals surface area contributed by atoms with E-state index in [-0.39, 0.29) is 22.8 Å². The monoisotopic (exact) mass is 387 g/mol. The summed E-state index contributed by atoms with van der Waals surface area (Å²) in [5, 5.41) is 12.7. The van der Waals surface area contributed by atoms with Crippen LogP contribution in [0.1, 0.15) is 48.7 Å². The summed E-state index contributed by atoms with van der Waals surface area (Å²) in [5.41, 5.74) is 4.45. The van der Waals surface area contributed by atoms with Gasteiger partial charge in [0.1, 0.15) is 0 Å². The topological polar surface area (TPSA) is 84.2 Å². The lowest BCUT2D eigenvalue weighted by molar-refractivity contribution is -0.118. The maximum absolute atomic E-state index is 13.2. The van der Waals surface area contributed by atoms with Gasteiger partial charge in [0.25, 0.3) is 0 Å². The molecule has 2 heterocycles. The lowest BCUT2D eigenvalue weighted by Crippen LogP contribution is -2.36. The Kier molecular flexibility index (Phi) is 3.68. The molecular weight excluding hydrogens is 366 g/mol. The standard InChI is InChI=1S/C23H21N3O3/c1-23(2)11-16-19(18(27)12-23)20(13-7-9-14(10-8-13)21(28)29)26-17-6-4-3-5-15(17)24-22(26)25-16/h3-10,20H,11-12H2,1-2H3,(H,24,25)(H,28,29). The number of rotatable bonds is 2. The molecule has 0 bridgehead atoms. The van der Waals surface area contributed by atoms with Crippen LogP contribution in [0.2, 0.25) is 0 Å². The number of Topliss-reactive ketones (excluding diaryl/α,β-unsaturated/α-hetero) is 1. The number of carboxylic acid groups (broad SMARTS) is 1. The lowest BCUT2D eigenvalue weighted by atomic mass is 9.73. The van der Waals surface area contributed by atoms with Gasteiger partial charge >= 0.3 is 5.97 Å². The van der Waals surface area contributed by atoms with Crippen LogP contribution in [0.25, 0.3) is 11.0 Å². The third kappa shape index (κ3) is 2.75. The van der Waals surface area contributed by atoms with Crippen LogP contribution in [0, 0.1) is 5.41 Å². The minimum absolute atomic E-state index is 0.116. The number of ketones is 1. The van der Waals surface area contributed by atoms with Gasteiger partial charge in [-0.3, -0.25) is 9.36 Å². The Morgan fingerprint density at radius 3 is 2.59 bits per heavy atom. The second-order valence-corrected chi connectivity index (χ2v) is 8.58. The number of nitrogens with zero attached hydrogens (tertiary/aromatic N) is 2. The Morgan fingerprint density at radius 2 is 1.86 bits per heavy atom. The summed E-state index contributed by atoms with van der Waals surface area (Å²) in [6.07, 6.45) is 1.25. The number of hydrogen-bond acceptors (Lipinski definition) is 4. The van der Waals surface area contributed by atoms with E-state index in [2.05, 4.69) is 23.7 Å². The number of nitrogens with one attached hydrogen (secondary N) is 1. The molecule has 2 aliphatic rings. The summed E-state index contributed by atoms with van der Waals surface area (Å²) in [7, 11) is 0. The molecule has 0 amide bonds. The molecular formula is C23H21N3O3. The molecule has 1 aromatic heterocycles. The molecule has 0 saturated carbocycles. The maximum atomic E-state index is 13.2. The number of aromatic carboxylic acids is 1. The molecule has 0 spiro atoms. The van der Waals surface area contributed by atoms with Gasteiger partial charge in [-0.05, 0) is 41.7 Å². The number of hydrogen-bond donors (Lipinski definition) is 2. The van der Waals surface area contributed by atoms with E-state index in [1.807, 2.05) is 24.3 Å². The second-order valence-electron chi connectivity index (χ2n) is 8.58. The third-order valence-electron chi connectivity index (χ3n) is 5.78. The summed E-state index contributed by atoms with van der Waals surface area (Å²) >= 11 is 0. The van der Waals surface area contributed by atoms with Crippen molar-refractivity contribution in [2.45, 2.75) is 32.7 Å². The molecule has 3 aromatic rings. The summed E-state index contributed by atoms with van der Waals surface area (Å²) in [5.74, 6) is -0.131. The van der Waals surface area contributed by atoms with Crippen molar-refractivity contribution in [3.05, 3.63) is 70.9 Å². The lowest BCUT2D eigenvalue weighted by Gasteiger charge is -2.39. The number of fused-ring (bicyclic) bond motifs is 3. The fraction of sp³-hybridized carbons (Fsp3) is 0.261. The highest BCUT2D eigenvalue weighted by Gasteiger charge is 2.41. The normalized spacial score (nSPS) is 20.2. The largest absolute Gasteiger partial charge is 0.478 e. The summed E-state index contributed by atoms with van der Waals surface area (Å²) in [4.78, 5) is 29.3. The van der Waals surface area contributed by atoms with E-state index in [4.69, 9.17) is 4.98 Å². The van der Waals surface area contributed by atoms with Crippen LogP contribution in [-0.2, 0) is 4.79 Å². The third-order valence-corrected chi connectivity index (χ3v) is 5.78. The smallest absolute Gasteiger partial charge is 0.335 e. The average Bonchev–Trinajstić information content (AvgIpc) is 3.03. The van der Waals surface area contributed by atoms with E-state index in [9.17, 15) is 14.7 Å². The highest BCUT2D eigenvalue weighted by atomic mass is 16.4. The average molecular weight is 387 g/mol. The van der Waals surface area contributed by atoms with Gasteiger partial charge in [0.2, 0.25) is 5.95 Å². The predicted molar refractivity (Wildman–Crippen MR) is 110 cm³/mol. The molecule has 29 heavy (non-hydrogen) atoms. The van der Waals surface area contributed by atoms with Crippen LogP contribution < -0.4 is 5.32 Å². The van der Waals surface area contributed by atoms with Crippen LogP contribution in [0.5, 0.6) is 0 Å². The number of carbonyl (C=O) groups excluding carboxylic acids is 1. The van der Waals surface area contributed by atoms with Gasteiger partial charge in [-0.25, -0.2) is 9.78 Å². The van der Waals surface area contributed by atoms with Crippen molar-refractivity contribution in [2.75, 3.05) is 5.32 Å². The van der Waals surface area contributed by atoms with Gasteiger partial charge < -0.3 is 10.4 Å². The minimum atomic E-state index is -0.967. The molecule has 0 saturated heterocycles. The first kappa shape index (κ1) is 17.7. The van der Waals surface area contributed by atoms with Crippen molar-refractivity contribution in [1.29, 1.82) is 0 Å². The fourth-order valence-electron chi connectivity index (χ4n) is 4.55. The Balaban J connectivity index is 1.75. The molecule has 2 N–H and O–H groups in total. The van der Waals surface area contributed by atoms with E-state index >= 15 is 0 Å². The number of allylic oxidation sites excluding steroid dienone is 2. The SMILES string of the molecule is CC1(C)CC(=O)C2=C(C1)Nc1nc3ccccc3n1C2c1ccc(C(=O)O)cc1. The number of para-hydroxylation sites is 2. The van der Waals surface area contributed by atoms with Gasteiger partial charge in [-0.1, -0.05) is 38.1 Å². The van der Waals surface area contributed by atoms with E-state index in [0.29, 0.717) is 12.4 Å². The number of benzene rings is 2. The Morgan fingerprint density at radius 1 is 1.14 bits per heavy atom. The molecule has 1 atom stereocenters. The Labute approximate surface area is 167 Å². The van der Waals surface area contributed by atoms with Crippen molar-refractivity contribution in [3.63, 3.8) is 0 Å². The molecule has 1 aliphatic carbocycles. The summed E-state index contributed by atoms with van der Waals surface area (Å²) in [6, 6.07) is 14.3. The Hall–Kier alpha value is -3.41. The predicted octanol–water partition coefficient (Wildman–Crippen LogP) is 4.39. The summed E-state index contributed by atoms with van der Waals surface area (Å²) < 4.78 is 2.06. The van der Waals surface area contributed by atoms with Crippen molar-refractivity contribution in [3.8, 4) is 0 Å². The van der Waals surface area contributed by atoms with E-state index in [1.54, 1.807) is 24.3 Å². The zero-order valence-electron chi connectivity index (χ0n) is 16.3. The first-order valence-corrected chi connectivity index (χ1v) is 9.67. The zero-order valence-corrected chi connectivity index (χ0v) is 16.3. The second kappa shape index (κ2) is 6.04. The first-order chi connectivity index (χ1) is 13.8. The highest BCUT2D eigenvalue weighted by molar-refractivity contribution is 6.01. The molecule has 0 fully saturated rings.